The molecule has 0 saturated heterocycles. The summed E-state index contributed by atoms with van der Waals surface area (Å²) in [5.41, 5.74) is 2.12. The number of hydrogen-bond donors (Lipinski definition) is 1. The van der Waals surface area contributed by atoms with E-state index in [1.807, 2.05) is 24.3 Å². The van der Waals surface area contributed by atoms with Crippen molar-refractivity contribution in [2.24, 2.45) is 0 Å². The quantitative estimate of drug-likeness (QED) is 0.806. The van der Waals surface area contributed by atoms with Gasteiger partial charge in [-0.25, -0.2) is 4.39 Å². The van der Waals surface area contributed by atoms with Gasteiger partial charge in [-0.2, -0.15) is 0 Å². The van der Waals surface area contributed by atoms with E-state index in [9.17, 15) is 4.39 Å². The number of nitrogens with one attached hydrogen (secondary N) is 1. The number of alkyl halides is 1. The van der Waals surface area contributed by atoms with Gasteiger partial charge in [-0.1, -0.05) is 45.0 Å². The van der Waals surface area contributed by atoms with Crippen LogP contribution in [-0.4, -0.2) is 13.6 Å². The molecule has 0 fully saturated rings. The topological polar surface area (TPSA) is 12.0 Å². The van der Waals surface area contributed by atoms with Crippen molar-refractivity contribution in [2.45, 2.75) is 32.4 Å². The van der Waals surface area contributed by atoms with Gasteiger partial charge in [-0.05, 0) is 23.6 Å². The van der Waals surface area contributed by atoms with Crippen molar-refractivity contribution in [3.05, 3.63) is 35.4 Å². The predicted octanol–water partition coefficient (Wildman–Crippen LogP) is 3.21. The zero-order valence-electron chi connectivity index (χ0n) is 9.97. The Bertz CT molecular complexity index is 297. The Kier molecular flexibility index (Phi) is 3.86. The van der Waals surface area contributed by atoms with Crippen molar-refractivity contribution in [3.63, 3.8) is 0 Å². The van der Waals surface area contributed by atoms with Crippen LogP contribution in [0.4, 0.5) is 4.39 Å². The van der Waals surface area contributed by atoms with Gasteiger partial charge in [0.2, 0.25) is 0 Å². The summed E-state index contributed by atoms with van der Waals surface area (Å²) in [7, 11) is 1.76. The first-order valence-corrected chi connectivity index (χ1v) is 5.34. The highest BCUT2D eigenvalue weighted by Crippen LogP contribution is 2.24. The van der Waals surface area contributed by atoms with Gasteiger partial charge in [0.1, 0.15) is 6.17 Å². The zero-order chi connectivity index (χ0) is 11.5. The summed E-state index contributed by atoms with van der Waals surface area (Å²) >= 11 is 0. The van der Waals surface area contributed by atoms with Crippen molar-refractivity contribution >= 4 is 0 Å². The Labute approximate surface area is 91.7 Å². The molecular weight excluding hydrogens is 189 g/mol. The lowest BCUT2D eigenvalue weighted by molar-refractivity contribution is 0.335. The minimum atomic E-state index is -0.913. The molecule has 84 valence electrons. The van der Waals surface area contributed by atoms with Crippen LogP contribution in [0.15, 0.2) is 24.3 Å². The van der Waals surface area contributed by atoms with Gasteiger partial charge in [0.05, 0.1) is 0 Å². The molecule has 0 aliphatic carbocycles. The summed E-state index contributed by atoms with van der Waals surface area (Å²) in [5.74, 6) is 0. The maximum atomic E-state index is 13.5. The monoisotopic (exact) mass is 209 g/mol. The fraction of sp³-hybridized carbons (Fsp3) is 0.538. The minimum Gasteiger partial charge on any atom is -0.317 e. The van der Waals surface area contributed by atoms with Crippen LogP contribution in [-0.2, 0) is 5.41 Å². The highest BCUT2D eigenvalue weighted by molar-refractivity contribution is 5.28. The van der Waals surface area contributed by atoms with Crippen molar-refractivity contribution in [1.82, 2.24) is 5.32 Å². The molecule has 1 N–H and O–H groups in total. The SMILES string of the molecule is CNCC(F)c1ccc(C(C)(C)C)cc1. The number of likely N-dealkylation sites (N-methyl/N-ethyl adjacent to an activating group) is 1. The third-order valence-electron chi connectivity index (χ3n) is 2.52. The molecule has 1 aromatic rings. The number of rotatable bonds is 3. The standard InChI is InChI=1S/C13H20FN/c1-13(2,3)11-7-5-10(6-8-11)12(14)9-15-4/h5-8,12,15H,9H2,1-4H3. The first-order valence-electron chi connectivity index (χ1n) is 5.34. The van der Waals surface area contributed by atoms with Gasteiger partial charge in [0.15, 0.2) is 0 Å². The molecule has 0 aromatic heterocycles. The van der Waals surface area contributed by atoms with Crippen LogP contribution in [0, 0.1) is 0 Å². The van der Waals surface area contributed by atoms with Crippen molar-refractivity contribution in [2.75, 3.05) is 13.6 Å². The van der Waals surface area contributed by atoms with E-state index in [1.54, 1.807) is 7.05 Å². The van der Waals surface area contributed by atoms with E-state index in [1.165, 1.54) is 5.56 Å². The maximum absolute atomic E-state index is 13.5. The normalized spacial score (nSPS) is 13.9. The molecule has 1 unspecified atom stereocenters. The number of halogens is 1. The summed E-state index contributed by atoms with van der Waals surface area (Å²) < 4.78 is 13.5. The molecule has 1 rings (SSSR count). The first-order chi connectivity index (χ1) is 6.95. The second-order valence-corrected chi connectivity index (χ2v) is 4.90. The molecule has 0 radical (unpaired) electrons. The second kappa shape index (κ2) is 4.75. The van der Waals surface area contributed by atoms with Crippen LogP contribution in [0.25, 0.3) is 0 Å². The van der Waals surface area contributed by atoms with Crippen molar-refractivity contribution in [1.29, 1.82) is 0 Å². The summed E-state index contributed by atoms with van der Waals surface area (Å²) in [6, 6.07) is 7.78. The molecule has 0 spiro atoms. The van der Waals surface area contributed by atoms with E-state index >= 15 is 0 Å². The first kappa shape index (κ1) is 12.2. The summed E-state index contributed by atoms with van der Waals surface area (Å²) in [6.45, 7) is 6.84. The zero-order valence-corrected chi connectivity index (χ0v) is 9.97. The van der Waals surface area contributed by atoms with Gasteiger partial charge >= 0.3 is 0 Å². The molecular formula is C13H20FN. The molecule has 0 saturated carbocycles. The Morgan fingerprint density at radius 2 is 1.73 bits per heavy atom. The lowest BCUT2D eigenvalue weighted by Crippen LogP contribution is -2.14. The summed E-state index contributed by atoms with van der Waals surface area (Å²) in [6.07, 6.45) is -0.913. The molecule has 0 amide bonds. The van der Waals surface area contributed by atoms with Gasteiger partial charge in [-0.15, -0.1) is 0 Å². The van der Waals surface area contributed by atoms with E-state index < -0.39 is 6.17 Å². The van der Waals surface area contributed by atoms with E-state index in [2.05, 4.69) is 26.1 Å². The molecule has 15 heavy (non-hydrogen) atoms. The summed E-state index contributed by atoms with van der Waals surface area (Å²) in [4.78, 5) is 0. The lowest BCUT2D eigenvalue weighted by Gasteiger charge is -2.19. The van der Waals surface area contributed by atoms with Gasteiger partial charge in [-0.3, -0.25) is 0 Å². The van der Waals surface area contributed by atoms with Crippen LogP contribution in [0.2, 0.25) is 0 Å². The Morgan fingerprint density at radius 1 is 1.20 bits per heavy atom. The van der Waals surface area contributed by atoms with E-state index in [0.29, 0.717) is 6.54 Å². The predicted molar refractivity (Wildman–Crippen MR) is 62.9 cm³/mol. The van der Waals surface area contributed by atoms with Crippen molar-refractivity contribution in [3.8, 4) is 0 Å². The summed E-state index contributed by atoms with van der Waals surface area (Å²) in [5, 5.41) is 2.84. The second-order valence-electron chi connectivity index (χ2n) is 4.90. The number of hydrogen-bond acceptors (Lipinski definition) is 1. The average molecular weight is 209 g/mol. The fourth-order valence-corrected chi connectivity index (χ4v) is 1.49. The van der Waals surface area contributed by atoms with Gasteiger partial charge in [0, 0.05) is 6.54 Å². The van der Waals surface area contributed by atoms with E-state index in [4.69, 9.17) is 0 Å². The largest absolute Gasteiger partial charge is 0.317 e. The Morgan fingerprint density at radius 3 is 2.13 bits per heavy atom. The lowest BCUT2D eigenvalue weighted by atomic mass is 9.86. The highest BCUT2D eigenvalue weighted by atomic mass is 19.1. The third kappa shape index (κ3) is 3.31. The number of benzene rings is 1. The van der Waals surface area contributed by atoms with Crippen molar-refractivity contribution < 1.29 is 4.39 Å². The molecule has 1 nitrogen and oxygen atoms in total. The van der Waals surface area contributed by atoms with Gasteiger partial charge < -0.3 is 5.32 Å². The van der Waals surface area contributed by atoms with E-state index in [-0.39, 0.29) is 5.41 Å². The fourth-order valence-electron chi connectivity index (χ4n) is 1.49. The van der Waals surface area contributed by atoms with Crippen LogP contribution in [0.1, 0.15) is 38.1 Å². The smallest absolute Gasteiger partial charge is 0.137 e. The van der Waals surface area contributed by atoms with Gasteiger partial charge in [0.25, 0.3) is 0 Å². The highest BCUT2D eigenvalue weighted by Gasteiger charge is 2.14. The Balaban J connectivity index is 2.81. The molecule has 1 aromatic carbocycles. The van der Waals surface area contributed by atoms with Crippen LogP contribution >= 0.6 is 0 Å². The third-order valence-corrected chi connectivity index (χ3v) is 2.52. The van der Waals surface area contributed by atoms with Crippen LogP contribution in [0.3, 0.4) is 0 Å². The molecule has 0 bridgehead atoms. The molecule has 0 aliphatic rings. The molecule has 0 aliphatic heterocycles. The minimum absolute atomic E-state index is 0.132. The van der Waals surface area contributed by atoms with E-state index in [0.717, 1.165) is 5.56 Å². The Hall–Kier alpha value is -0.890. The van der Waals surface area contributed by atoms with Crippen LogP contribution < -0.4 is 5.32 Å². The molecule has 1 atom stereocenters. The maximum Gasteiger partial charge on any atom is 0.137 e. The molecule has 2 heteroatoms. The van der Waals surface area contributed by atoms with Crippen LogP contribution in [0.5, 0.6) is 0 Å². The molecule has 0 heterocycles. The average Bonchev–Trinajstić information content (AvgIpc) is 2.17.